The van der Waals surface area contributed by atoms with Gasteiger partial charge in [-0.1, -0.05) is 53.7 Å². The monoisotopic (exact) mass is 399 g/mol. The molecule has 1 fully saturated rings. The van der Waals surface area contributed by atoms with Crippen LogP contribution in [0.3, 0.4) is 0 Å². The van der Waals surface area contributed by atoms with Crippen LogP contribution in [0.15, 0.2) is 53.7 Å². The van der Waals surface area contributed by atoms with Gasteiger partial charge in [-0.25, -0.2) is 4.98 Å². The van der Waals surface area contributed by atoms with Gasteiger partial charge in [0.05, 0.1) is 23.3 Å². The molecular weight excluding hydrogens is 382 g/mol. The Bertz CT molecular complexity index is 1000. The molecule has 0 saturated carbocycles. The molecule has 0 aliphatic carbocycles. The second-order valence-corrected chi connectivity index (χ2v) is 7.81. The first-order valence-corrected chi connectivity index (χ1v) is 10.1. The molecule has 138 valence electrons. The van der Waals surface area contributed by atoms with Gasteiger partial charge in [0, 0.05) is 18.0 Å². The maximum atomic E-state index is 12.4. The van der Waals surface area contributed by atoms with Crippen LogP contribution in [-0.4, -0.2) is 38.6 Å². The molecular formula is C20H18ClN3O2S. The summed E-state index contributed by atoms with van der Waals surface area (Å²) in [4.78, 5) is 30.2. The molecule has 1 aliphatic heterocycles. The van der Waals surface area contributed by atoms with Crippen molar-refractivity contribution in [2.45, 2.75) is 24.5 Å². The van der Waals surface area contributed by atoms with E-state index in [9.17, 15) is 9.59 Å². The number of halogens is 1. The van der Waals surface area contributed by atoms with E-state index in [1.807, 2.05) is 36.4 Å². The topological polar surface area (TPSA) is 55.2 Å². The summed E-state index contributed by atoms with van der Waals surface area (Å²) in [6, 6.07) is 15.7. The zero-order valence-corrected chi connectivity index (χ0v) is 16.2. The third-order valence-electron chi connectivity index (χ3n) is 4.56. The highest BCUT2D eigenvalue weighted by atomic mass is 35.5. The van der Waals surface area contributed by atoms with Crippen molar-refractivity contribution in [2.24, 2.45) is 0 Å². The van der Waals surface area contributed by atoms with Crippen LogP contribution in [0.25, 0.3) is 11.0 Å². The highest BCUT2D eigenvalue weighted by Gasteiger charge is 2.26. The largest absolute Gasteiger partial charge is 0.314 e. The average Bonchev–Trinajstić information content (AvgIpc) is 3.24. The van der Waals surface area contributed by atoms with Gasteiger partial charge in [0.1, 0.15) is 0 Å². The number of imidazole rings is 1. The fourth-order valence-corrected chi connectivity index (χ4v) is 4.28. The number of fused-ring (bicyclic) bond motifs is 1. The van der Waals surface area contributed by atoms with Crippen LogP contribution in [0.1, 0.15) is 18.4 Å². The molecule has 1 aromatic heterocycles. The van der Waals surface area contributed by atoms with Crippen LogP contribution in [-0.2, 0) is 16.1 Å². The van der Waals surface area contributed by atoms with E-state index >= 15 is 0 Å². The number of likely N-dealkylation sites (tertiary alicyclic amines) is 1. The number of thioether (sulfide) groups is 1. The summed E-state index contributed by atoms with van der Waals surface area (Å²) >= 11 is 7.48. The van der Waals surface area contributed by atoms with Gasteiger partial charge >= 0.3 is 0 Å². The summed E-state index contributed by atoms with van der Waals surface area (Å²) in [6.45, 7) is 1.17. The summed E-state index contributed by atoms with van der Waals surface area (Å²) < 4.78 is 2.09. The Morgan fingerprint density at radius 1 is 1.19 bits per heavy atom. The third kappa shape index (κ3) is 3.87. The summed E-state index contributed by atoms with van der Waals surface area (Å²) in [5.74, 6) is -0.0403. The standard InChI is InChI=1S/C20H18ClN3O2S/c21-15-8-9-17-16(11-15)22-20(24(17)12-14-5-2-1-3-6-14)27-13-19(26)23-10-4-7-18(23)25/h1-3,5-6,8-9,11H,4,7,10,12-13H2. The predicted molar refractivity (Wildman–Crippen MR) is 107 cm³/mol. The highest BCUT2D eigenvalue weighted by Crippen LogP contribution is 2.28. The van der Waals surface area contributed by atoms with E-state index in [0.29, 0.717) is 24.5 Å². The lowest BCUT2D eigenvalue weighted by molar-refractivity contribution is -0.140. The number of carbonyl (C=O) groups is 2. The molecule has 0 radical (unpaired) electrons. The molecule has 2 amide bonds. The molecule has 4 rings (SSSR count). The van der Waals surface area contributed by atoms with Gasteiger partial charge in [0.15, 0.2) is 5.16 Å². The second kappa shape index (κ2) is 7.74. The molecule has 2 aromatic carbocycles. The Morgan fingerprint density at radius 2 is 2.00 bits per heavy atom. The molecule has 5 nitrogen and oxygen atoms in total. The number of benzene rings is 2. The van der Waals surface area contributed by atoms with Crippen molar-refractivity contribution in [1.29, 1.82) is 0 Å². The number of imide groups is 1. The zero-order chi connectivity index (χ0) is 18.8. The Kier molecular flexibility index (Phi) is 5.18. The number of hydrogen-bond acceptors (Lipinski definition) is 4. The first-order valence-electron chi connectivity index (χ1n) is 8.77. The minimum Gasteiger partial charge on any atom is -0.314 e. The summed E-state index contributed by atoms with van der Waals surface area (Å²) in [5, 5.41) is 1.37. The van der Waals surface area contributed by atoms with Crippen molar-refractivity contribution < 1.29 is 9.59 Å². The van der Waals surface area contributed by atoms with Crippen LogP contribution in [0.2, 0.25) is 5.02 Å². The van der Waals surface area contributed by atoms with E-state index in [-0.39, 0.29) is 17.6 Å². The summed E-state index contributed by atoms with van der Waals surface area (Å²) in [6.07, 6.45) is 1.21. The summed E-state index contributed by atoms with van der Waals surface area (Å²) in [5.41, 5.74) is 2.91. The number of aromatic nitrogens is 2. The van der Waals surface area contributed by atoms with E-state index in [0.717, 1.165) is 28.2 Å². The lowest BCUT2D eigenvalue weighted by Crippen LogP contribution is -2.33. The van der Waals surface area contributed by atoms with Gasteiger partial charge < -0.3 is 4.57 Å². The lowest BCUT2D eigenvalue weighted by Gasteiger charge is -2.13. The number of nitrogens with zero attached hydrogens (tertiary/aromatic N) is 3. The minimum atomic E-state index is -0.154. The lowest BCUT2D eigenvalue weighted by atomic mass is 10.2. The van der Waals surface area contributed by atoms with E-state index in [2.05, 4.69) is 21.7 Å². The fourth-order valence-electron chi connectivity index (χ4n) is 3.23. The van der Waals surface area contributed by atoms with Gasteiger partial charge in [-0.3, -0.25) is 14.5 Å². The SMILES string of the molecule is O=C1CCCN1C(=O)CSc1nc2cc(Cl)ccc2n1Cc1ccccc1. The number of amides is 2. The number of carbonyl (C=O) groups excluding carboxylic acids is 2. The normalized spacial score (nSPS) is 14.3. The van der Waals surface area contributed by atoms with Gasteiger partial charge in [0.2, 0.25) is 11.8 Å². The molecule has 1 saturated heterocycles. The molecule has 0 atom stereocenters. The number of rotatable bonds is 5. The van der Waals surface area contributed by atoms with Crippen LogP contribution in [0.4, 0.5) is 0 Å². The van der Waals surface area contributed by atoms with Crippen molar-refractivity contribution in [3.05, 3.63) is 59.1 Å². The van der Waals surface area contributed by atoms with Gasteiger partial charge in [-0.2, -0.15) is 0 Å². The summed E-state index contributed by atoms with van der Waals surface area (Å²) in [7, 11) is 0. The Hall–Kier alpha value is -2.31. The molecule has 27 heavy (non-hydrogen) atoms. The molecule has 3 aromatic rings. The predicted octanol–water partition coefficient (Wildman–Crippen LogP) is 3.98. The Labute approximate surface area is 166 Å². The first-order chi connectivity index (χ1) is 13.1. The number of hydrogen-bond donors (Lipinski definition) is 0. The van der Waals surface area contributed by atoms with Crippen LogP contribution in [0.5, 0.6) is 0 Å². The van der Waals surface area contributed by atoms with Gasteiger partial charge in [-0.05, 0) is 30.2 Å². The van der Waals surface area contributed by atoms with E-state index in [1.54, 1.807) is 0 Å². The molecule has 0 bridgehead atoms. The molecule has 0 N–H and O–H groups in total. The van der Waals surface area contributed by atoms with Gasteiger partial charge in [-0.15, -0.1) is 0 Å². The quantitative estimate of drug-likeness (QED) is 0.609. The Morgan fingerprint density at radius 3 is 2.74 bits per heavy atom. The molecule has 7 heteroatoms. The third-order valence-corrected chi connectivity index (χ3v) is 5.75. The maximum Gasteiger partial charge on any atom is 0.239 e. The van der Waals surface area contributed by atoms with Crippen molar-refractivity contribution in [2.75, 3.05) is 12.3 Å². The Balaban J connectivity index is 1.61. The maximum absolute atomic E-state index is 12.4. The molecule has 1 aliphatic rings. The van der Waals surface area contributed by atoms with Crippen LogP contribution >= 0.6 is 23.4 Å². The van der Waals surface area contributed by atoms with Crippen LogP contribution < -0.4 is 0 Å². The highest BCUT2D eigenvalue weighted by molar-refractivity contribution is 7.99. The van der Waals surface area contributed by atoms with E-state index in [1.165, 1.54) is 16.7 Å². The van der Waals surface area contributed by atoms with Gasteiger partial charge in [0.25, 0.3) is 0 Å². The zero-order valence-electron chi connectivity index (χ0n) is 14.6. The average molecular weight is 400 g/mol. The smallest absolute Gasteiger partial charge is 0.239 e. The van der Waals surface area contributed by atoms with Crippen molar-refractivity contribution >= 4 is 46.2 Å². The molecule has 0 spiro atoms. The second-order valence-electron chi connectivity index (χ2n) is 6.43. The fraction of sp³-hybridized carbons (Fsp3) is 0.250. The van der Waals surface area contributed by atoms with Crippen molar-refractivity contribution in [3.63, 3.8) is 0 Å². The van der Waals surface area contributed by atoms with Crippen molar-refractivity contribution in [3.8, 4) is 0 Å². The molecule has 2 heterocycles. The van der Waals surface area contributed by atoms with Crippen LogP contribution in [0, 0.1) is 0 Å². The minimum absolute atomic E-state index is 0.0785. The molecule has 0 unspecified atom stereocenters. The van der Waals surface area contributed by atoms with Crippen molar-refractivity contribution in [1.82, 2.24) is 14.5 Å². The van der Waals surface area contributed by atoms with E-state index in [4.69, 9.17) is 11.6 Å². The first kappa shape index (κ1) is 18.1. The van der Waals surface area contributed by atoms with E-state index < -0.39 is 0 Å².